The number of aliphatic imine (C=N–C) groups is 1. The number of hydrogen-bond donors (Lipinski definition) is 2. The molecule has 4 rings (SSSR count). The molecule has 0 radical (unpaired) electrons. The standard InChI is InChI=1S/C25H34N6/c1-3-26-25(28-19-21-7-6-8-23(17-21)30-13-4-5-14-30)29-22-11-15-31(16-12-22)24-10-9-20(2)18-27-24/h4-10,17-18,22H,3,11-16,19H2,1-2H3,(H2,26,28,29). The molecule has 3 heterocycles. The van der Waals surface area contributed by atoms with Crippen LogP contribution in [0.5, 0.6) is 0 Å². The topological polar surface area (TPSA) is 55.8 Å². The number of benzene rings is 1. The molecular weight excluding hydrogens is 384 g/mol. The van der Waals surface area contributed by atoms with Crippen molar-refractivity contribution < 1.29 is 0 Å². The first-order valence-electron chi connectivity index (χ1n) is 11.4. The number of nitrogens with zero attached hydrogens (tertiary/aromatic N) is 4. The third kappa shape index (κ3) is 5.78. The highest BCUT2D eigenvalue weighted by molar-refractivity contribution is 5.80. The van der Waals surface area contributed by atoms with Crippen LogP contribution in [0.15, 0.2) is 59.7 Å². The fourth-order valence-electron chi connectivity index (χ4n) is 4.12. The molecule has 1 aromatic carbocycles. The van der Waals surface area contributed by atoms with Crippen LogP contribution < -0.4 is 20.4 Å². The average molecular weight is 419 g/mol. The fourth-order valence-corrected chi connectivity index (χ4v) is 4.12. The van der Waals surface area contributed by atoms with Gasteiger partial charge >= 0.3 is 0 Å². The van der Waals surface area contributed by atoms with Crippen molar-refractivity contribution in [1.29, 1.82) is 0 Å². The Morgan fingerprint density at radius 3 is 2.61 bits per heavy atom. The van der Waals surface area contributed by atoms with Gasteiger partial charge in [0.15, 0.2) is 5.96 Å². The molecule has 2 aromatic rings. The minimum Gasteiger partial charge on any atom is -0.364 e. The average Bonchev–Trinajstić information content (AvgIpc) is 3.34. The smallest absolute Gasteiger partial charge is 0.191 e. The summed E-state index contributed by atoms with van der Waals surface area (Å²) in [6.45, 7) is 9.74. The normalized spacial score (nSPS) is 17.3. The molecule has 0 bridgehead atoms. The minimum atomic E-state index is 0.432. The molecule has 0 amide bonds. The van der Waals surface area contributed by atoms with Crippen LogP contribution >= 0.6 is 0 Å². The number of piperidine rings is 1. The van der Waals surface area contributed by atoms with Gasteiger partial charge in [-0.1, -0.05) is 30.4 Å². The predicted octanol–water partition coefficient (Wildman–Crippen LogP) is 3.49. The molecule has 2 aliphatic rings. The highest BCUT2D eigenvalue weighted by Gasteiger charge is 2.21. The number of guanidine groups is 1. The van der Waals surface area contributed by atoms with Gasteiger partial charge < -0.3 is 20.4 Å². The second-order valence-electron chi connectivity index (χ2n) is 8.34. The summed E-state index contributed by atoms with van der Waals surface area (Å²) in [6.07, 6.45) is 8.55. The van der Waals surface area contributed by atoms with E-state index in [-0.39, 0.29) is 0 Å². The summed E-state index contributed by atoms with van der Waals surface area (Å²) >= 11 is 0. The molecule has 31 heavy (non-hydrogen) atoms. The van der Waals surface area contributed by atoms with E-state index < -0.39 is 0 Å². The Kier molecular flexibility index (Phi) is 7.07. The number of nitrogens with one attached hydrogen (secondary N) is 2. The van der Waals surface area contributed by atoms with Crippen molar-refractivity contribution in [3.8, 4) is 0 Å². The Balaban J connectivity index is 1.32. The maximum absolute atomic E-state index is 4.87. The third-order valence-electron chi connectivity index (χ3n) is 5.91. The van der Waals surface area contributed by atoms with E-state index in [1.54, 1.807) is 0 Å². The zero-order valence-electron chi connectivity index (χ0n) is 18.7. The summed E-state index contributed by atoms with van der Waals surface area (Å²) in [5.41, 5.74) is 3.71. The van der Waals surface area contributed by atoms with Crippen LogP contribution in [0, 0.1) is 6.92 Å². The summed E-state index contributed by atoms with van der Waals surface area (Å²) in [7, 11) is 0. The molecule has 164 valence electrons. The van der Waals surface area contributed by atoms with E-state index in [9.17, 15) is 0 Å². The molecule has 2 N–H and O–H groups in total. The van der Waals surface area contributed by atoms with E-state index in [0.717, 1.165) is 57.3 Å². The Hall–Kier alpha value is -3.02. The van der Waals surface area contributed by atoms with Gasteiger partial charge in [0.1, 0.15) is 5.82 Å². The lowest BCUT2D eigenvalue weighted by Crippen LogP contribution is -2.48. The largest absolute Gasteiger partial charge is 0.364 e. The van der Waals surface area contributed by atoms with E-state index >= 15 is 0 Å². The van der Waals surface area contributed by atoms with Gasteiger partial charge in [0.2, 0.25) is 0 Å². The van der Waals surface area contributed by atoms with Crippen molar-refractivity contribution in [3.05, 3.63) is 65.9 Å². The van der Waals surface area contributed by atoms with Crippen LogP contribution in [0.4, 0.5) is 11.5 Å². The van der Waals surface area contributed by atoms with Gasteiger partial charge in [0.05, 0.1) is 6.54 Å². The first-order valence-corrected chi connectivity index (χ1v) is 11.4. The Labute approximate surface area is 186 Å². The molecule has 1 fully saturated rings. The van der Waals surface area contributed by atoms with Gasteiger partial charge in [0.25, 0.3) is 0 Å². The van der Waals surface area contributed by atoms with E-state index in [2.05, 4.69) is 87.8 Å². The van der Waals surface area contributed by atoms with Crippen molar-refractivity contribution in [1.82, 2.24) is 15.6 Å². The van der Waals surface area contributed by atoms with Gasteiger partial charge in [-0.2, -0.15) is 0 Å². The molecule has 1 saturated heterocycles. The lowest BCUT2D eigenvalue weighted by molar-refractivity contribution is 0.459. The second kappa shape index (κ2) is 10.3. The molecule has 0 aliphatic carbocycles. The second-order valence-corrected chi connectivity index (χ2v) is 8.34. The molecule has 1 aromatic heterocycles. The maximum Gasteiger partial charge on any atom is 0.191 e. The quantitative estimate of drug-likeness (QED) is 0.427. The highest BCUT2D eigenvalue weighted by Crippen LogP contribution is 2.20. The van der Waals surface area contributed by atoms with E-state index in [4.69, 9.17) is 4.99 Å². The van der Waals surface area contributed by atoms with Gasteiger partial charge in [-0.3, -0.25) is 0 Å². The Morgan fingerprint density at radius 1 is 1.10 bits per heavy atom. The minimum absolute atomic E-state index is 0.432. The number of hydrogen-bond acceptors (Lipinski definition) is 4. The van der Waals surface area contributed by atoms with Gasteiger partial charge in [0, 0.05) is 50.6 Å². The SMILES string of the molecule is CCNC(=NCc1cccc(N2CC=CC2)c1)NC1CCN(c2ccc(C)cn2)CC1. The van der Waals surface area contributed by atoms with E-state index in [1.807, 2.05) is 6.20 Å². The van der Waals surface area contributed by atoms with Crippen LogP contribution in [0.1, 0.15) is 30.9 Å². The lowest BCUT2D eigenvalue weighted by Gasteiger charge is -2.33. The van der Waals surface area contributed by atoms with Gasteiger partial charge in [-0.25, -0.2) is 9.98 Å². The lowest BCUT2D eigenvalue weighted by atomic mass is 10.1. The van der Waals surface area contributed by atoms with E-state index in [0.29, 0.717) is 12.6 Å². The number of pyridine rings is 1. The molecule has 6 heteroatoms. The highest BCUT2D eigenvalue weighted by atomic mass is 15.2. The summed E-state index contributed by atoms with van der Waals surface area (Å²) in [6, 6.07) is 13.4. The number of anilines is 2. The molecule has 2 aliphatic heterocycles. The van der Waals surface area contributed by atoms with Crippen LogP contribution in [0.2, 0.25) is 0 Å². The zero-order chi connectivity index (χ0) is 21.5. The van der Waals surface area contributed by atoms with Crippen molar-refractivity contribution in [3.63, 3.8) is 0 Å². The van der Waals surface area contributed by atoms with Crippen molar-refractivity contribution >= 4 is 17.5 Å². The summed E-state index contributed by atoms with van der Waals surface area (Å²) < 4.78 is 0. The first-order chi connectivity index (χ1) is 15.2. The zero-order valence-corrected chi connectivity index (χ0v) is 18.7. The molecule has 0 spiro atoms. The summed E-state index contributed by atoms with van der Waals surface area (Å²) in [5.74, 6) is 1.99. The fraction of sp³-hybridized carbons (Fsp3) is 0.440. The molecule has 6 nitrogen and oxygen atoms in total. The van der Waals surface area contributed by atoms with Crippen molar-refractivity contribution in [2.75, 3.05) is 42.5 Å². The molecular formula is C25H34N6. The van der Waals surface area contributed by atoms with Crippen LogP contribution in [0.25, 0.3) is 0 Å². The van der Waals surface area contributed by atoms with Gasteiger partial charge in [-0.05, 0) is 56.0 Å². The maximum atomic E-state index is 4.87. The Morgan fingerprint density at radius 2 is 1.90 bits per heavy atom. The first kappa shape index (κ1) is 21.2. The Bertz CT molecular complexity index is 888. The number of aryl methyl sites for hydroxylation is 1. The van der Waals surface area contributed by atoms with Crippen molar-refractivity contribution in [2.45, 2.75) is 39.3 Å². The van der Waals surface area contributed by atoms with Crippen LogP contribution in [-0.4, -0.2) is 49.7 Å². The molecule has 0 unspecified atom stereocenters. The van der Waals surface area contributed by atoms with Gasteiger partial charge in [-0.15, -0.1) is 0 Å². The number of aromatic nitrogens is 1. The number of rotatable bonds is 6. The summed E-state index contributed by atoms with van der Waals surface area (Å²) in [4.78, 5) is 14.2. The predicted molar refractivity (Wildman–Crippen MR) is 130 cm³/mol. The van der Waals surface area contributed by atoms with Crippen LogP contribution in [-0.2, 0) is 6.54 Å². The third-order valence-corrected chi connectivity index (χ3v) is 5.91. The van der Waals surface area contributed by atoms with Crippen LogP contribution in [0.3, 0.4) is 0 Å². The van der Waals surface area contributed by atoms with E-state index in [1.165, 1.54) is 16.8 Å². The monoisotopic (exact) mass is 418 g/mol. The summed E-state index contributed by atoms with van der Waals surface area (Å²) in [5, 5.41) is 7.06. The van der Waals surface area contributed by atoms with Crippen molar-refractivity contribution in [2.24, 2.45) is 4.99 Å². The molecule has 0 atom stereocenters. The molecule has 0 saturated carbocycles.